The highest BCUT2D eigenvalue weighted by molar-refractivity contribution is 5.74. The largest absolute Gasteiger partial charge is 0.456 e. The third kappa shape index (κ3) is 2.05. The van der Waals surface area contributed by atoms with Gasteiger partial charge in [-0.15, -0.1) is 0 Å². The summed E-state index contributed by atoms with van der Waals surface area (Å²) >= 11 is 0. The van der Waals surface area contributed by atoms with E-state index in [1.165, 1.54) is 16.7 Å². The molecule has 1 aliphatic heterocycles. The lowest BCUT2D eigenvalue weighted by molar-refractivity contribution is 0.0704. The predicted octanol–water partition coefficient (Wildman–Crippen LogP) is 1.72. The van der Waals surface area contributed by atoms with Gasteiger partial charge in [-0.1, -0.05) is 18.2 Å². The maximum Gasteiger partial charge on any atom is 0.282 e. The van der Waals surface area contributed by atoms with Crippen LogP contribution in [0.25, 0.3) is 11.1 Å². The van der Waals surface area contributed by atoms with Crippen molar-refractivity contribution in [2.75, 3.05) is 6.54 Å². The molecule has 0 bridgehead atoms. The van der Waals surface area contributed by atoms with Crippen LogP contribution in [0.2, 0.25) is 0 Å². The first-order valence-corrected chi connectivity index (χ1v) is 7.11. The van der Waals surface area contributed by atoms with Crippen molar-refractivity contribution in [2.45, 2.75) is 24.9 Å². The topological polar surface area (TPSA) is 73.4 Å². The number of aromatic nitrogens is 2. The number of benzene rings is 1. The van der Waals surface area contributed by atoms with Crippen LogP contribution < -0.4 is 5.73 Å². The Morgan fingerprint density at radius 1 is 1.19 bits per heavy atom. The summed E-state index contributed by atoms with van der Waals surface area (Å²) < 4.78 is 5.80. The van der Waals surface area contributed by atoms with Crippen LogP contribution in [0.15, 0.2) is 41.9 Å². The monoisotopic (exact) mass is 280 g/mol. The molecule has 1 aliphatic carbocycles. The highest BCUT2D eigenvalue weighted by Gasteiger charge is 2.40. The van der Waals surface area contributed by atoms with Gasteiger partial charge < -0.3 is 10.5 Å². The standard InChI is InChI=1S/C16H16N4O/c17-15-20-9-16(21-15)5-4-14-11(6-16)2-1-3-13(14)12-7-18-10-19-8-12/h1-3,7-8,10H,4-6,9H2,(H2,17,20)/t16-/m1/s1. The van der Waals surface area contributed by atoms with E-state index in [-0.39, 0.29) is 5.60 Å². The van der Waals surface area contributed by atoms with Crippen molar-refractivity contribution in [3.8, 4) is 11.1 Å². The fourth-order valence-corrected chi connectivity index (χ4v) is 3.32. The number of nitrogens with zero attached hydrogens (tertiary/aromatic N) is 3. The van der Waals surface area contributed by atoms with E-state index in [2.05, 4.69) is 33.2 Å². The number of nitrogens with two attached hydrogens (primary N) is 1. The van der Waals surface area contributed by atoms with E-state index in [0.717, 1.165) is 24.8 Å². The molecule has 0 amide bonds. The lowest BCUT2D eigenvalue weighted by Crippen LogP contribution is -2.40. The lowest BCUT2D eigenvalue weighted by atomic mass is 9.78. The third-order valence-corrected chi connectivity index (χ3v) is 4.33. The average molecular weight is 280 g/mol. The number of aliphatic imine (C=N–C) groups is 1. The number of rotatable bonds is 1. The normalized spacial score (nSPS) is 23.5. The van der Waals surface area contributed by atoms with Crippen LogP contribution in [0, 0.1) is 0 Å². The fourth-order valence-electron chi connectivity index (χ4n) is 3.32. The summed E-state index contributed by atoms with van der Waals surface area (Å²) in [4.78, 5) is 12.5. The van der Waals surface area contributed by atoms with Crippen molar-refractivity contribution >= 4 is 6.02 Å². The number of hydrogen-bond acceptors (Lipinski definition) is 5. The van der Waals surface area contributed by atoms with Gasteiger partial charge in [-0.2, -0.15) is 0 Å². The summed E-state index contributed by atoms with van der Waals surface area (Å²) in [5, 5.41) is 0. The van der Waals surface area contributed by atoms with E-state index in [9.17, 15) is 0 Å². The van der Waals surface area contributed by atoms with Gasteiger partial charge in [-0.05, 0) is 29.5 Å². The van der Waals surface area contributed by atoms with Crippen molar-refractivity contribution in [1.82, 2.24) is 9.97 Å². The quantitative estimate of drug-likeness (QED) is 0.863. The zero-order valence-electron chi connectivity index (χ0n) is 11.6. The van der Waals surface area contributed by atoms with E-state index in [4.69, 9.17) is 10.5 Å². The Labute approximate surface area is 122 Å². The van der Waals surface area contributed by atoms with Crippen molar-refractivity contribution in [3.63, 3.8) is 0 Å². The van der Waals surface area contributed by atoms with Gasteiger partial charge >= 0.3 is 0 Å². The highest BCUT2D eigenvalue weighted by Crippen LogP contribution is 2.38. The Hall–Kier alpha value is -2.43. The Kier molecular flexibility index (Phi) is 2.67. The molecular weight excluding hydrogens is 264 g/mol. The van der Waals surface area contributed by atoms with E-state index in [0.29, 0.717) is 12.6 Å². The van der Waals surface area contributed by atoms with Crippen molar-refractivity contribution in [1.29, 1.82) is 0 Å². The molecule has 0 saturated carbocycles. The van der Waals surface area contributed by atoms with Gasteiger partial charge in [0.05, 0.1) is 6.54 Å². The zero-order chi connectivity index (χ0) is 14.3. The Bertz CT molecular complexity index is 713. The molecule has 2 heterocycles. The van der Waals surface area contributed by atoms with Crippen LogP contribution in [0.3, 0.4) is 0 Å². The van der Waals surface area contributed by atoms with Gasteiger partial charge in [0.2, 0.25) is 0 Å². The molecule has 1 atom stereocenters. The van der Waals surface area contributed by atoms with Gasteiger partial charge in [-0.25, -0.2) is 15.0 Å². The van der Waals surface area contributed by atoms with Crippen molar-refractivity contribution in [2.24, 2.45) is 10.7 Å². The molecule has 5 nitrogen and oxygen atoms in total. The molecule has 5 heteroatoms. The fraction of sp³-hybridized carbons (Fsp3) is 0.312. The minimum atomic E-state index is -0.233. The van der Waals surface area contributed by atoms with Gasteiger partial charge in [0.1, 0.15) is 11.9 Å². The van der Waals surface area contributed by atoms with Crippen LogP contribution in [-0.2, 0) is 17.6 Å². The smallest absolute Gasteiger partial charge is 0.282 e. The maximum atomic E-state index is 5.80. The second kappa shape index (κ2) is 4.55. The molecule has 2 aliphatic rings. The van der Waals surface area contributed by atoms with E-state index in [1.54, 1.807) is 6.33 Å². The van der Waals surface area contributed by atoms with Crippen LogP contribution in [0.1, 0.15) is 17.5 Å². The number of fused-ring (bicyclic) bond motifs is 1. The molecular formula is C16H16N4O. The summed E-state index contributed by atoms with van der Waals surface area (Å²) in [6, 6.07) is 6.71. The van der Waals surface area contributed by atoms with Crippen LogP contribution >= 0.6 is 0 Å². The molecule has 1 spiro atoms. The average Bonchev–Trinajstić information content (AvgIpc) is 2.88. The highest BCUT2D eigenvalue weighted by atomic mass is 16.5. The molecule has 0 radical (unpaired) electrons. The molecule has 21 heavy (non-hydrogen) atoms. The summed E-state index contributed by atoms with van der Waals surface area (Å²) in [6.45, 7) is 0.664. The van der Waals surface area contributed by atoms with Gasteiger partial charge in [0.25, 0.3) is 6.02 Å². The summed E-state index contributed by atoms with van der Waals surface area (Å²) in [7, 11) is 0. The predicted molar refractivity (Wildman–Crippen MR) is 79.8 cm³/mol. The third-order valence-electron chi connectivity index (χ3n) is 4.33. The molecule has 0 saturated heterocycles. The molecule has 1 aromatic heterocycles. The second-order valence-corrected chi connectivity index (χ2v) is 5.69. The van der Waals surface area contributed by atoms with Crippen LogP contribution in [0.4, 0.5) is 0 Å². The maximum absolute atomic E-state index is 5.80. The van der Waals surface area contributed by atoms with Gasteiger partial charge in [0.15, 0.2) is 0 Å². The molecule has 0 unspecified atom stereocenters. The van der Waals surface area contributed by atoms with E-state index in [1.807, 2.05) is 12.4 Å². The molecule has 2 aromatic rings. The molecule has 0 fully saturated rings. The van der Waals surface area contributed by atoms with Crippen LogP contribution in [0.5, 0.6) is 0 Å². The summed E-state index contributed by atoms with van der Waals surface area (Å²) in [5.74, 6) is 0. The Morgan fingerprint density at radius 3 is 2.81 bits per heavy atom. The number of amidine groups is 1. The minimum absolute atomic E-state index is 0.233. The van der Waals surface area contributed by atoms with Gasteiger partial charge in [0, 0.05) is 24.4 Å². The lowest BCUT2D eigenvalue weighted by Gasteiger charge is -2.34. The van der Waals surface area contributed by atoms with Crippen molar-refractivity contribution < 1.29 is 4.74 Å². The number of hydrogen-bond donors (Lipinski definition) is 1. The molecule has 4 rings (SSSR count). The zero-order valence-corrected chi connectivity index (χ0v) is 11.6. The van der Waals surface area contributed by atoms with E-state index < -0.39 is 0 Å². The SMILES string of the molecule is NC1=NC[C@]2(CCc3c(cccc3-c3cncnc3)C2)O1. The molecule has 106 valence electrons. The van der Waals surface area contributed by atoms with Gasteiger partial charge in [-0.3, -0.25) is 0 Å². The molecule has 2 N–H and O–H groups in total. The van der Waals surface area contributed by atoms with E-state index >= 15 is 0 Å². The Balaban J connectivity index is 1.72. The summed E-state index contributed by atoms with van der Waals surface area (Å²) in [5.41, 5.74) is 10.4. The number of ether oxygens (including phenoxy) is 1. The molecule has 1 aromatic carbocycles. The summed E-state index contributed by atoms with van der Waals surface area (Å²) in [6.07, 6.45) is 8.03. The first kappa shape index (κ1) is 12.3. The van der Waals surface area contributed by atoms with Crippen LogP contribution in [-0.4, -0.2) is 28.1 Å². The Morgan fingerprint density at radius 2 is 2.05 bits per heavy atom. The van der Waals surface area contributed by atoms with Crippen molar-refractivity contribution in [3.05, 3.63) is 48.0 Å². The second-order valence-electron chi connectivity index (χ2n) is 5.69. The minimum Gasteiger partial charge on any atom is -0.456 e. The first-order chi connectivity index (χ1) is 10.3. The first-order valence-electron chi connectivity index (χ1n) is 7.11.